The Balaban J connectivity index is 1.63. The molecule has 2 saturated carbocycles. The zero-order valence-corrected chi connectivity index (χ0v) is 9.90. The van der Waals surface area contributed by atoms with E-state index in [1.54, 1.807) is 0 Å². The van der Waals surface area contributed by atoms with E-state index in [2.05, 4.69) is 4.90 Å². The molecule has 16 heavy (non-hydrogen) atoms. The van der Waals surface area contributed by atoms with Crippen molar-refractivity contribution in [3.63, 3.8) is 0 Å². The normalized spacial score (nSPS) is 39.3. The minimum atomic E-state index is 0.343. The first-order valence-corrected chi connectivity index (χ1v) is 6.80. The molecule has 1 saturated heterocycles. The number of nitrogens with zero attached hydrogens (tertiary/aromatic N) is 1. The van der Waals surface area contributed by atoms with Gasteiger partial charge in [0.1, 0.15) is 0 Å². The smallest absolute Gasteiger partial charge is 0.225 e. The largest absolute Gasteiger partial charge is 0.342 e. The lowest BCUT2D eigenvalue weighted by Crippen LogP contribution is -2.36. The minimum Gasteiger partial charge on any atom is -0.342 e. The van der Waals surface area contributed by atoms with Gasteiger partial charge < -0.3 is 10.6 Å². The number of hydrogen-bond donors (Lipinski definition) is 1. The first-order valence-electron chi connectivity index (χ1n) is 6.80. The summed E-state index contributed by atoms with van der Waals surface area (Å²) in [7, 11) is 0. The van der Waals surface area contributed by atoms with E-state index in [1.165, 1.54) is 25.7 Å². The third kappa shape index (κ3) is 1.65. The van der Waals surface area contributed by atoms with Crippen molar-refractivity contribution < 1.29 is 4.79 Å². The van der Waals surface area contributed by atoms with Crippen molar-refractivity contribution in [1.82, 2.24) is 4.90 Å². The number of likely N-dealkylation sites (tertiary alicyclic amines) is 1. The molecule has 0 spiro atoms. The third-order valence-electron chi connectivity index (χ3n) is 4.93. The highest BCUT2D eigenvalue weighted by Gasteiger charge is 2.43. The monoisotopic (exact) mass is 222 g/mol. The number of hydrogen-bond acceptors (Lipinski definition) is 2. The average Bonchev–Trinajstić information content (AvgIpc) is 2.96. The van der Waals surface area contributed by atoms with Crippen molar-refractivity contribution in [2.45, 2.75) is 44.6 Å². The maximum absolute atomic E-state index is 12.3. The molecular weight excluding hydrogens is 200 g/mol. The zero-order valence-electron chi connectivity index (χ0n) is 9.90. The van der Waals surface area contributed by atoms with Crippen LogP contribution in [0.25, 0.3) is 0 Å². The summed E-state index contributed by atoms with van der Waals surface area (Å²) in [6, 6.07) is 0.353. The molecule has 0 radical (unpaired) electrons. The summed E-state index contributed by atoms with van der Waals surface area (Å²) in [5, 5.41) is 0. The quantitative estimate of drug-likeness (QED) is 0.728. The van der Waals surface area contributed by atoms with Gasteiger partial charge in [0.15, 0.2) is 0 Å². The first-order chi connectivity index (χ1) is 7.75. The number of fused-ring (bicyclic) bond motifs is 1. The highest BCUT2D eigenvalue weighted by molar-refractivity contribution is 5.79. The van der Waals surface area contributed by atoms with Gasteiger partial charge in [-0.25, -0.2) is 0 Å². The lowest BCUT2D eigenvalue weighted by molar-refractivity contribution is -0.134. The average molecular weight is 222 g/mol. The fourth-order valence-corrected chi connectivity index (χ4v) is 3.92. The number of nitrogens with two attached hydrogens (primary N) is 1. The van der Waals surface area contributed by atoms with Crippen LogP contribution in [0.15, 0.2) is 0 Å². The summed E-state index contributed by atoms with van der Waals surface area (Å²) in [6.45, 7) is 1.94. The summed E-state index contributed by atoms with van der Waals surface area (Å²) in [5.41, 5.74) is 6.10. The van der Waals surface area contributed by atoms with Crippen molar-refractivity contribution >= 4 is 5.91 Å². The molecule has 2 N–H and O–H groups in total. The number of amides is 1. The summed E-state index contributed by atoms with van der Waals surface area (Å²) in [4.78, 5) is 14.4. The molecule has 0 aromatic carbocycles. The number of carbonyl (C=O) groups excluding carboxylic acids is 1. The van der Waals surface area contributed by atoms with Crippen LogP contribution < -0.4 is 5.73 Å². The van der Waals surface area contributed by atoms with Gasteiger partial charge in [-0.15, -0.1) is 0 Å². The molecule has 3 nitrogen and oxygen atoms in total. The van der Waals surface area contributed by atoms with Crippen molar-refractivity contribution in [3.8, 4) is 0 Å². The van der Waals surface area contributed by atoms with E-state index in [0.29, 0.717) is 29.7 Å². The highest BCUT2D eigenvalue weighted by Crippen LogP contribution is 2.38. The van der Waals surface area contributed by atoms with Gasteiger partial charge in [0.25, 0.3) is 0 Å². The van der Waals surface area contributed by atoms with Gasteiger partial charge in [-0.05, 0) is 37.5 Å². The van der Waals surface area contributed by atoms with E-state index in [4.69, 9.17) is 5.73 Å². The van der Waals surface area contributed by atoms with Crippen LogP contribution in [0, 0.1) is 17.8 Å². The maximum atomic E-state index is 12.3. The summed E-state index contributed by atoms with van der Waals surface area (Å²) in [5.74, 6) is 2.08. The highest BCUT2D eigenvalue weighted by atomic mass is 16.2. The van der Waals surface area contributed by atoms with Crippen molar-refractivity contribution in [2.24, 2.45) is 23.5 Å². The van der Waals surface area contributed by atoms with Crippen LogP contribution in [0.1, 0.15) is 38.5 Å². The van der Waals surface area contributed by atoms with E-state index >= 15 is 0 Å². The van der Waals surface area contributed by atoms with Gasteiger partial charge in [0.2, 0.25) is 5.91 Å². The van der Waals surface area contributed by atoms with Crippen molar-refractivity contribution in [3.05, 3.63) is 0 Å². The fourth-order valence-electron chi connectivity index (χ4n) is 3.92. The van der Waals surface area contributed by atoms with Crippen LogP contribution in [-0.2, 0) is 4.79 Å². The summed E-state index contributed by atoms with van der Waals surface area (Å²) >= 11 is 0. The molecule has 3 atom stereocenters. The first kappa shape index (κ1) is 10.6. The van der Waals surface area contributed by atoms with Gasteiger partial charge in [-0.1, -0.05) is 12.8 Å². The zero-order chi connectivity index (χ0) is 11.1. The van der Waals surface area contributed by atoms with Crippen LogP contribution in [0.3, 0.4) is 0 Å². The maximum Gasteiger partial charge on any atom is 0.225 e. The molecule has 90 valence electrons. The molecule has 3 fully saturated rings. The van der Waals surface area contributed by atoms with Gasteiger partial charge in [-0.3, -0.25) is 4.79 Å². The molecule has 3 rings (SSSR count). The van der Waals surface area contributed by atoms with Crippen molar-refractivity contribution in [1.29, 1.82) is 0 Å². The molecule has 3 unspecified atom stereocenters. The standard InChI is InChI=1S/C13H22N2O/c14-12-6-5-10-7-15(8-11(10)12)13(16)9-3-1-2-4-9/h9-12H,1-8,14H2. The molecule has 0 aromatic heterocycles. The van der Waals surface area contributed by atoms with Crippen LogP contribution in [0.5, 0.6) is 0 Å². The molecule has 0 aromatic rings. The van der Waals surface area contributed by atoms with E-state index in [-0.39, 0.29) is 0 Å². The Morgan fingerprint density at radius 1 is 1.06 bits per heavy atom. The van der Waals surface area contributed by atoms with E-state index in [0.717, 1.165) is 25.9 Å². The molecule has 1 amide bonds. The SMILES string of the molecule is NC1CCC2CN(C(=O)C3CCCC3)CC12. The Bertz CT molecular complexity index is 286. The van der Waals surface area contributed by atoms with E-state index < -0.39 is 0 Å². The van der Waals surface area contributed by atoms with E-state index in [9.17, 15) is 4.79 Å². The second-order valence-corrected chi connectivity index (χ2v) is 5.89. The Morgan fingerprint density at radius 2 is 1.81 bits per heavy atom. The molecule has 1 aliphatic heterocycles. The number of carbonyl (C=O) groups is 1. The van der Waals surface area contributed by atoms with Crippen LogP contribution >= 0.6 is 0 Å². The van der Waals surface area contributed by atoms with Crippen LogP contribution in [0.4, 0.5) is 0 Å². The summed E-state index contributed by atoms with van der Waals surface area (Å²) in [6.07, 6.45) is 7.14. The third-order valence-corrected chi connectivity index (χ3v) is 4.93. The van der Waals surface area contributed by atoms with Crippen molar-refractivity contribution in [2.75, 3.05) is 13.1 Å². The molecule has 1 heterocycles. The second-order valence-electron chi connectivity index (χ2n) is 5.89. The number of rotatable bonds is 1. The lowest BCUT2D eigenvalue weighted by atomic mass is 9.98. The van der Waals surface area contributed by atoms with Crippen LogP contribution in [0.2, 0.25) is 0 Å². The Kier molecular flexibility index (Phi) is 2.66. The fraction of sp³-hybridized carbons (Fsp3) is 0.923. The Labute approximate surface area is 97.4 Å². The minimum absolute atomic E-state index is 0.343. The van der Waals surface area contributed by atoms with Gasteiger partial charge in [0, 0.05) is 25.0 Å². The predicted molar refractivity (Wildman–Crippen MR) is 62.7 cm³/mol. The predicted octanol–water partition coefficient (Wildman–Crippen LogP) is 1.37. The Hall–Kier alpha value is -0.570. The lowest BCUT2D eigenvalue weighted by Gasteiger charge is -2.22. The second kappa shape index (κ2) is 4.02. The van der Waals surface area contributed by atoms with Crippen LogP contribution in [-0.4, -0.2) is 29.9 Å². The van der Waals surface area contributed by atoms with E-state index in [1.807, 2.05) is 0 Å². The topological polar surface area (TPSA) is 46.3 Å². The molecule has 0 bridgehead atoms. The summed E-state index contributed by atoms with van der Waals surface area (Å²) < 4.78 is 0. The molecule has 3 aliphatic rings. The molecule has 2 aliphatic carbocycles. The van der Waals surface area contributed by atoms with Gasteiger partial charge in [0.05, 0.1) is 0 Å². The molecule has 3 heteroatoms. The Morgan fingerprint density at radius 3 is 2.50 bits per heavy atom. The van der Waals surface area contributed by atoms with Gasteiger partial charge >= 0.3 is 0 Å². The molecular formula is C13H22N2O. The van der Waals surface area contributed by atoms with Gasteiger partial charge in [-0.2, -0.15) is 0 Å².